The summed E-state index contributed by atoms with van der Waals surface area (Å²) in [5, 5.41) is 13.5. The number of aliphatic hydroxyl groups is 1. The van der Waals surface area contributed by atoms with Gasteiger partial charge in [0.25, 0.3) is 0 Å². The number of hydrogen-bond acceptors (Lipinski definition) is 4. The highest BCUT2D eigenvalue weighted by atomic mass is 16.5. The number of rotatable bonds is 5. The number of ether oxygens (including phenoxy) is 1. The summed E-state index contributed by atoms with van der Waals surface area (Å²) in [7, 11) is 0. The zero-order chi connectivity index (χ0) is 17.8. The van der Waals surface area contributed by atoms with Gasteiger partial charge in [-0.15, -0.1) is 0 Å². The van der Waals surface area contributed by atoms with Crippen molar-refractivity contribution in [3.63, 3.8) is 0 Å². The van der Waals surface area contributed by atoms with Gasteiger partial charge in [0.15, 0.2) is 0 Å². The number of aromatic nitrogens is 2. The van der Waals surface area contributed by atoms with Crippen LogP contribution in [0.4, 0.5) is 0 Å². The third-order valence-corrected chi connectivity index (χ3v) is 5.63. The number of nitrogens with zero attached hydrogens (tertiary/aromatic N) is 3. The number of aliphatic hydroxyl groups excluding tert-OH is 1. The SMILES string of the molecule is CC(C)[C@H]1OCCC[C@H]1C(=O)N1CCC(c2ccnn2CCO)CC1. The smallest absolute Gasteiger partial charge is 0.228 e. The molecule has 1 aromatic rings. The molecule has 2 atom stereocenters. The Balaban J connectivity index is 1.59. The van der Waals surface area contributed by atoms with Crippen molar-refractivity contribution in [2.45, 2.75) is 58.1 Å². The van der Waals surface area contributed by atoms with Crippen LogP contribution in [0, 0.1) is 11.8 Å². The van der Waals surface area contributed by atoms with Gasteiger partial charge in [-0.3, -0.25) is 9.48 Å². The predicted molar refractivity (Wildman–Crippen MR) is 95.2 cm³/mol. The molecule has 1 N–H and O–H groups in total. The first-order chi connectivity index (χ1) is 12.1. The van der Waals surface area contributed by atoms with Crippen molar-refractivity contribution in [2.75, 3.05) is 26.3 Å². The van der Waals surface area contributed by atoms with E-state index in [0.29, 0.717) is 18.4 Å². The van der Waals surface area contributed by atoms with Gasteiger partial charge in [-0.2, -0.15) is 5.10 Å². The Morgan fingerprint density at radius 3 is 2.80 bits per heavy atom. The zero-order valence-corrected chi connectivity index (χ0v) is 15.4. The molecular weight excluding hydrogens is 318 g/mol. The number of carbonyl (C=O) groups is 1. The van der Waals surface area contributed by atoms with Crippen LogP contribution in [0.2, 0.25) is 0 Å². The molecule has 0 unspecified atom stereocenters. The minimum atomic E-state index is 0.0187. The van der Waals surface area contributed by atoms with Crippen LogP contribution in [0.15, 0.2) is 12.3 Å². The molecule has 2 aliphatic heterocycles. The predicted octanol–water partition coefficient (Wildman–Crippen LogP) is 2.03. The van der Waals surface area contributed by atoms with E-state index in [0.717, 1.165) is 45.4 Å². The zero-order valence-electron chi connectivity index (χ0n) is 15.4. The van der Waals surface area contributed by atoms with Crippen LogP contribution in [0.5, 0.6) is 0 Å². The molecule has 1 aromatic heterocycles. The maximum atomic E-state index is 13.0. The van der Waals surface area contributed by atoms with E-state index in [1.807, 2.05) is 15.6 Å². The lowest BCUT2D eigenvalue weighted by Gasteiger charge is -2.39. The Hall–Kier alpha value is -1.40. The summed E-state index contributed by atoms with van der Waals surface area (Å²) in [5.41, 5.74) is 1.18. The molecule has 2 aliphatic rings. The number of carbonyl (C=O) groups excluding carboxylic acids is 1. The van der Waals surface area contributed by atoms with Gasteiger partial charge in [0.05, 0.1) is 25.2 Å². The van der Waals surface area contributed by atoms with Crippen LogP contribution in [0.25, 0.3) is 0 Å². The Morgan fingerprint density at radius 1 is 1.36 bits per heavy atom. The van der Waals surface area contributed by atoms with Crippen molar-refractivity contribution in [1.82, 2.24) is 14.7 Å². The highest BCUT2D eigenvalue weighted by molar-refractivity contribution is 5.79. The van der Waals surface area contributed by atoms with Gasteiger partial charge in [0.2, 0.25) is 5.91 Å². The van der Waals surface area contributed by atoms with Gasteiger partial charge in [-0.05, 0) is 37.7 Å². The molecule has 3 rings (SSSR count). The van der Waals surface area contributed by atoms with Crippen LogP contribution in [-0.2, 0) is 16.1 Å². The lowest BCUT2D eigenvalue weighted by molar-refractivity contribution is -0.148. The molecule has 3 heterocycles. The molecule has 0 spiro atoms. The van der Waals surface area contributed by atoms with Crippen molar-refractivity contribution >= 4 is 5.91 Å². The van der Waals surface area contributed by atoms with Gasteiger partial charge < -0.3 is 14.7 Å². The van der Waals surface area contributed by atoms with Crippen LogP contribution < -0.4 is 0 Å². The van der Waals surface area contributed by atoms with E-state index < -0.39 is 0 Å². The summed E-state index contributed by atoms with van der Waals surface area (Å²) in [6.07, 6.45) is 5.71. The third-order valence-electron chi connectivity index (χ3n) is 5.63. The molecule has 140 valence electrons. The molecule has 0 bridgehead atoms. The van der Waals surface area contributed by atoms with Crippen LogP contribution >= 0.6 is 0 Å². The summed E-state index contributed by atoms with van der Waals surface area (Å²) < 4.78 is 7.80. The fraction of sp³-hybridized carbons (Fsp3) is 0.789. The lowest BCUT2D eigenvalue weighted by Crippen LogP contribution is -2.48. The Bertz CT molecular complexity index is 564. The topological polar surface area (TPSA) is 67.6 Å². The first-order valence-electron chi connectivity index (χ1n) is 9.64. The monoisotopic (exact) mass is 349 g/mol. The second kappa shape index (κ2) is 8.32. The normalized spacial score (nSPS) is 25.5. The van der Waals surface area contributed by atoms with E-state index in [4.69, 9.17) is 9.84 Å². The van der Waals surface area contributed by atoms with Crippen molar-refractivity contribution < 1.29 is 14.6 Å². The van der Waals surface area contributed by atoms with E-state index in [1.54, 1.807) is 6.20 Å². The molecule has 1 amide bonds. The summed E-state index contributed by atoms with van der Waals surface area (Å²) in [5.74, 6) is 1.09. The number of likely N-dealkylation sites (tertiary alicyclic amines) is 1. The van der Waals surface area contributed by atoms with Gasteiger partial charge in [0, 0.05) is 37.5 Å². The van der Waals surface area contributed by atoms with Crippen molar-refractivity contribution in [2.24, 2.45) is 11.8 Å². The van der Waals surface area contributed by atoms with E-state index in [1.165, 1.54) is 5.69 Å². The van der Waals surface area contributed by atoms with E-state index in [-0.39, 0.29) is 24.5 Å². The maximum absolute atomic E-state index is 13.0. The molecule has 0 radical (unpaired) electrons. The van der Waals surface area contributed by atoms with Crippen LogP contribution in [0.3, 0.4) is 0 Å². The molecule has 2 fully saturated rings. The average molecular weight is 349 g/mol. The largest absolute Gasteiger partial charge is 0.394 e. The van der Waals surface area contributed by atoms with Gasteiger partial charge in [0.1, 0.15) is 0 Å². The quantitative estimate of drug-likeness (QED) is 0.883. The highest BCUT2D eigenvalue weighted by Crippen LogP contribution is 2.32. The molecule has 6 heteroatoms. The molecule has 2 saturated heterocycles. The summed E-state index contributed by atoms with van der Waals surface area (Å²) in [6.45, 7) is 7.31. The number of hydrogen-bond donors (Lipinski definition) is 1. The standard InChI is InChI=1S/C19H31N3O3/c1-14(2)18-16(4-3-13-25-18)19(24)21-9-6-15(7-10-21)17-5-8-20-22(17)11-12-23/h5,8,14-16,18,23H,3-4,6-7,9-13H2,1-2H3/t16-,18-/m1/s1. The second-order valence-corrected chi connectivity index (χ2v) is 7.63. The first kappa shape index (κ1) is 18.4. The summed E-state index contributed by atoms with van der Waals surface area (Å²) in [4.78, 5) is 15.1. The van der Waals surface area contributed by atoms with E-state index in [9.17, 15) is 4.79 Å². The van der Waals surface area contributed by atoms with Gasteiger partial charge >= 0.3 is 0 Å². The minimum Gasteiger partial charge on any atom is -0.394 e. The Kier molecular flexibility index (Phi) is 6.12. The lowest BCUT2D eigenvalue weighted by atomic mass is 9.85. The Labute approximate surface area is 150 Å². The molecule has 0 aromatic carbocycles. The van der Waals surface area contributed by atoms with Gasteiger partial charge in [-0.1, -0.05) is 13.8 Å². The minimum absolute atomic E-state index is 0.0187. The highest BCUT2D eigenvalue weighted by Gasteiger charge is 2.37. The van der Waals surface area contributed by atoms with Crippen LogP contribution in [0.1, 0.15) is 51.1 Å². The van der Waals surface area contributed by atoms with E-state index >= 15 is 0 Å². The third kappa shape index (κ3) is 4.06. The van der Waals surface area contributed by atoms with Crippen LogP contribution in [-0.4, -0.2) is 58.1 Å². The van der Waals surface area contributed by atoms with Gasteiger partial charge in [-0.25, -0.2) is 0 Å². The van der Waals surface area contributed by atoms with E-state index in [2.05, 4.69) is 18.9 Å². The molecular formula is C19H31N3O3. The number of piperidine rings is 1. The maximum Gasteiger partial charge on any atom is 0.228 e. The number of amides is 1. The van der Waals surface area contributed by atoms with Crippen molar-refractivity contribution in [3.05, 3.63) is 18.0 Å². The first-order valence-corrected chi connectivity index (χ1v) is 9.64. The summed E-state index contributed by atoms with van der Waals surface area (Å²) >= 11 is 0. The molecule has 6 nitrogen and oxygen atoms in total. The fourth-order valence-electron chi connectivity index (χ4n) is 4.33. The molecule has 25 heavy (non-hydrogen) atoms. The Morgan fingerprint density at radius 2 is 2.12 bits per heavy atom. The molecule has 0 saturated carbocycles. The fourth-order valence-corrected chi connectivity index (χ4v) is 4.33. The average Bonchev–Trinajstić information content (AvgIpc) is 3.10. The second-order valence-electron chi connectivity index (χ2n) is 7.63. The van der Waals surface area contributed by atoms with Crippen molar-refractivity contribution in [1.29, 1.82) is 0 Å². The van der Waals surface area contributed by atoms with Crippen molar-refractivity contribution in [3.8, 4) is 0 Å². The molecule has 0 aliphatic carbocycles. The summed E-state index contributed by atoms with van der Waals surface area (Å²) in [6, 6.07) is 2.04.